The third-order valence-corrected chi connectivity index (χ3v) is 2.64. The van der Waals surface area contributed by atoms with Crippen molar-refractivity contribution in [3.05, 3.63) is 35.9 Å². The summed E-state index contributed by atoms with van der Waals surface area (Å²) in [5.74, 6) is -1.47. The lowest BCUT2D eigenvalue weighted by atomic mass is 10.0. The number of hydrogen-bond donors (Lipinski definition) is 2. The van der Waals surface area contributed by atoms with Crippen molar-refractivity contribution < 1.29 is 23.1 Å². The molecule has 0 radical (unpaired) electrons. The minimum atomic E-state index is -5.01. The van der Waals surface area contributed by atoms with E-state index in [0.29, 0.717) is 12.5 Å². The number of carbonyl (C=O) groups excluding carboxylic acids is 1. The van der Waals surface area contributed by atoms with Gasteiger partial charge in [-0.1, -0.05) is 30.3 Å². The van der Waals surface area contributed by atoms with Gasteiger partial charge in [0, 0.05) is 0 Å². The first kappa shape index (κ1) is 14.5. The first-order valence-corrected chi connectivity index (χ1v) is 5.31. The molecule has 1 rings (SSSR count). The highest BCUT2D eigenvalue weighted by Crippen LogP contribution is 2.30. The molecule has 1 aromatic rings. The molecule has 0 heterocycles. The Morgan fingerprint density at radius 3 is 2.22 bits per heavy atom. The molecule has 0 aliphatic rings. The Balaban J connectivity index is 2.78. The van der Waals surface area contributed by atoms with E-state index in [1.165, 1.54) is 0 Å². The van der Waals surface area contributed by atoms with Gasteiger partial charge in [-0.15, -0.1) is 0 Å². The Bertz CT molecular complexity index is 415. The summed E-state index contributed by atoms with van der Waals surface area (Å²) in [6.07, 6.45) is -5.01. The molecule has 3 nitrogen and oxygen atoms in total. The number of alkyl halides is 3. The van der Waals surface area contributed by atoms with E-state index in [2.05, 4.69) is 5.32 Å². The third-order valence-electron chi connectivity index (χ3n) is 2.64. The Morgan fingerprint density at radius 1 is 1.28 bits per heavy atom. The van der Waals surface area contributed by atoms with Gasteiger partial charge in [0.25, 0.3) is 5.91 Å². The highest BCUT2D eigenvalue weighted by Gasteiger charge is 2.55. The molecule has 2 atom stereocenters. The first-order valence-electron chi connectivity index (χ1n) is 5.31. The largest absolute Gasteiger partial charge is 0.426 e. The van der Waals surface area contributed by atoms with E-state index in [-0.39, 0.29) is 0 Å². The van der Waals surface area contributed by atoms with Crippen molar-refractivity contribution in [3.63, 3.8) is 0 Å². The first-order chi connectivity index (χ1) is 8.16. The molecular weight excluding hydrogens is 247 g/mol. The van der Waals surface area contributed by atoms with Gasteiger partial charge in [0.05, 0.1) is 6.04 Å². The minimum Gasteiger partial charge on any atom is -0.373 e. The van der Waals surface area contributed by atoms with Crippen molar-refractivity contribution in [1.29, 1.82) is 0 Å². The fraction of sp³-hybridized carbons (Fsp3) is 0.417. The lowest BCUT2D eigenvalue weighted by molar-refractivity contribution is -0.245. The van der Waals surface area contributed by atoms with Gasteiger partial charge in [-0.25, -0.2) is 0 Å². The molecule has 0 aromatic heterocycles. The summed E-state index contributed by atoms with van der Waals surface area (Å²) in [6.45, 7) is 1.97. The van der Waals surface area contributed by atoms with Crippen molar-refractivity contribution in [2.75, 3.05) is 0 Å². The van der Waals surface area contributed by atoms with Crippen LogP contribution in [-0.4, -0.2) is 22.8 Å². The van der Waals surface area contributed by atoms with Crippen molar-refractivity contribution in [3.8, 4) is 0 Å². The minimum absolute atomic E-state index is 0.431. The van der Waals surface area contributed by atoms with E-state index in [9.17, 15) is 23.1 Å². The quantitative estimate of drug-likeness (QED) is 0.876. The maximum atomic E-state index is 12.4. The number of hydrogen-bond acceptors (Lipinski definition) is 2. The second kappa shape index (κ2) is 4.97. The maximum Gasteiger partial charge on any atom is 0.426 e. The molecule has 0 saturated heterocycles. The van der Waals surface area contributed by atoms with Crippen molar-refractivity contribution >= 4 is 5.91 Å². The molecule has 18 heavy (non-hydrogen) atoms. The lowest BCUT2D eigenvalue weighted by Gasteiger charge is -2.26. The number of rotatable bonds is 3. The van der Waals surface area contributed by atoms with Crippen LogP contribution in [-0.2, 0) is 4.79 Å². The second-order valence-electron chi connectivity index (χ2n) is 4.18. The topological polar surface area (TPSA) is 49.3 Å². The summed E-state index contributed by atoms with van der Waals surface area (Å²) in [5, 5.41) is 11.3. The molecule has 0 fully saturated rings. The number of amides is 1. The van der Waals surface area contributed by atoms with Crippen LogP contribution in [0.4, 0.5) is 13.2 Å². The zero-order valence-corrected chi connectivity index (χ0v) is 9.95. The van der Waals surface area contributed by atoms with E-state index in [1.807, 2.05) is 0 Å². The number of nitrogens with one attached hydrogen (secondary N) is 1. The third kappa shape index (κ3) is 3.01. The molecule has 6 heteroatoms. The molecule has 0 spiro atoms. The Kier molecular flexibility index (Phi) is 4.01. The van der Waals surface area contributed by atoms with E-state index in [4.69, 9.17) is 0 Å². The molecular formula is C12H14F3NO2. The van der Waals surface area contributed by atoms with Crippen LogP contribution in [0.15, 0.2) is 30.3 Å². The van der Waals surface area contributed by atoms with E-state index < -0.39 is 23.7 Å². The van der Waals surface area contributed by atoms with Crippen molar-refractivity contribution in [2.45, 2.75) is 31.7 Å². The summed E-state index contributed by atoms with van der Waals surface area (Å²) in [7, 11) is 0. The van der Waals surface area contributed by atoms with Gasteiger partial charge in [-0.2, -0.15) is 13.2 Å². The summed E-state index contributed by atoms with van der Waals surface area (Å²) in [5.41, 5.74) is -2.74. The van der Waals surface area contributed by atoms with Crippen LogP contribution >= 0.6 is 0 Å². The second-order valence-corrected chi connectivity index (χ2v) is 4.18. The summed E-state index contributed by atoms with van der Waals surface area (Å²) >= 11 is 0. The Morgan fingerprint density at radius 2 is 1.78 bits per heavy atom. The molecule has 0 bridgehead atoms. The lowest BCUT2D eigenvalue weighted by Crippen LogP contribution is -2.55. The van der Waals surface area contributed by atoms with Gasteiger partial charge in [0.2, 0.25) is 5.60 Å². The average Bonchev–Trinajstić information content (AvgIpc) is 2.28. The number of carbonyl (C=O) groups is 1. The van der Waals surface area contributed by atoms with Crippen LogP contribution in [0.2, 0.25) is 0 Å². The predicted molar refractivity (Wildman–Crippen MR) is 59.7 cm³/mol. The fourth-order valence-electron chi connectivity index (χ4n) is 1.29. The Labute approximate surface area is 103 Å². The molecule has 1 amide bonds. The summed E-state index contributed by atoms with van der Waals surface area (Å²) < 4.78 is 37.3. The fourth-order valence-corrected chi connectivity index (χ4v) is 1.29. The average molecular weight is 261 g/mol. The van der Waals surface area contributed by atoms with Crippen LogP contribution < -0.4 is 5.32 Å². The predicted octanol–water partition coefficient (Wildman–Crippen LogP) is 2.18. The van der Waals surface area contributed by atoms with Crippen LogP contribution in [0.25, 0.3) is 0 Å². The number of benzene rings is 1. The molecule has 100 valence electrons. The maximum absolute atomic E-state index is 12.4. The smallest absolute Gasteiger partial charge is 0.373 e. The standard InChI is InChI=1S/C12H14F3NO2/c1-8(9-6-4-3-5-7-9)16-10(17)11(2,18)12(13,14)15/h3-8,18H,1-2H3,(H,16,17)/t8-,11+/m0/s1. The molecule has 0 unspecified atom stereocenters. The molecule has 0 aliphatic heterocycles. The van der Waals surface area contributed by atoms with Crippen LogP contribution in [0.5, 0.6) is 0 Å². The van der Waals surface area contributed by atoms with Crippen LogP contribution in [0, 0.1) is 0 Å². The van der Waals surface area contributed by atoms with Gasteiger partial charge in [0.15, 0.2) is 0 Å². The highest BCUT2D eigenvalue weighted by molar-refractivity contribution is 5.85. The summed E-state index contributed by atoms with van der Waals surface area (Å²) in [4.78, 5) is 11.4. The number of aliphatic hydroxyl groups is 1. The van der Waals surface area contributed by atoms with E-state index in [0.717, 1.165) is 0 Å². The molecule has 0 aliphatic carbocycles. The SMILES string of the molecule is C[C@H](NC(=O)[C@@](C)(O)C(F)(F)F)c1ccccc1. The molecule has 1 aromatic carbocycles. The van der Waals surface area contributed by atoms with E-state index in [1.54, 1.807) is 37.3 Å². The van der Waals surface area contributed by atoms with Gasteiger partial charge < -0.3 is 10.4 Å². The molecule has 0 saturated carbocycles. The normalized spacial score (nSPS) is 16.8. The van der Waals surface area contributed by atoms with Gasteiger partial charge >= 0.3 is 6.18 Å². The molecule has 2 N–H and O–H groups in total. The Hall–Kier alpha value is -1.56. The van der Waals surface area contributed by atoms with Crippen molar-refractivity contribution in [1.82, 2.24) is 5.32 Å². The highest BCUT2D eigenvalue weighted by atomic mass is 19.4. The van der Waals surface area contributed by atoms with Crippen LogP contribution in [0.3, 0.4) is 0 Å². The summed E-state index contributed by atoms with van der Waals surface area (Å²) in [6, 6.07) is 7.90. The van der Waals surface area contributed by atoms with Gasteiger partial charge in [0.1, 0.15) is 0 Å². The van der Waals surface area contributed by atoms with Gasteiger partial charge in [-0.3, -0.25) is 4.79 Å². The zero-order chi connectivity index (χ0) is 14.0. The van der Waals surface area contributed by atoms with E-state index >= 15 is 0 Å². The van der Waals surface area contributed by atoms with Crippen molar-refractivity contribution in [2.24, 2.45) is 0 Å². The zero-order valence-electron chi connectivity index (χ0n) is 9.95. The van der Waals surface area contributed by atoms with Gasteiger partial charge in [-0.05, 0) is 19.4 Å². The van der Waals surface area contributed by atoms with Crippen LogP contribution in [0.1, 0.15) is 25.5 Å². The number of halogens is 3. The monoisotopic (exact) mass is 261 g/mol.